The number of nitrogens with one attached hydrogen (secondary N) is 1. The SMILES string of the molecule is COc1ccc(Nc2nc(N3CCC(C)CC3)nc(N)c2[N+](=O)[O-])cc1. The zero-order chi connectivity index (χ0) is 18.7. The lowest BCUT2D eigenvalue weighted by Crippen LogP contribution is -2.34. The Kier molecular flexibility index (Phi) is 5.06. The topological polar surface area (TPSA) is 119 Å². The number of anilines is 4. The Morgan fingerprint density at radius 3 is 2.50 bits per heavy atom. The summed E-state index contributed by atoms with van der Waals surface area (Å²) >= 11 is 0. The van der Waals surface area contributed by atoms with E-state index in [1.165, 1.54) is 0 Å². The van der Waals surface area contributed by atoms with E-state index >= 15 is 0 Å². The Bertz CT molecular complexity index is 788. The first-order chi connectivity index (χ1) is 12.5. The minimum Gasteiger partial charge on any atom is -0.497 e. The molecule has 1 fully saturated rings. The number of benzene rings is 1. The number of nitro groups is 1. The maximum atomic E-state index is 11.4. The van der Waals surface area contributed by atoms with Gasteiger partial charge in [-0.05, 0) is 43.0 Å². The summed E-state index contributed by atoms with van der Waals surface area (Å²) in [6.07, 6.45) is 2.06. The van der Waals surface area contributed by atoms with Gasteiger partial charge in [-0.2, -0.15) is 9.97 Å². The summed E-state index contributed by atoms with van der Waals surface area (Å²) in [7, 11) is 1.57. The van der Waals surface area contributed by atoms with E-state index < -0.39 is 4.92 Å². The predicted octanol–water partition coefficient (Wildman–Crippen LogP) is 2.96. The molecule has 26 heavy (non-hydrogen) atoms. The maximum absolute atomic E-state index is 11.4. The van der Waals surface area contributed by atoms with Crippen molar-refractivity contribution >= 4 is 29.0 Å². The Labute approximate surface area is 151 Å². The second-order valence-electron chi connectivity index (χ2n) is 6.39. The summed E-state index contributed by atoms with van der Waals surface area (Å²) in [5.74, 6) is 1.70. The fourth-order valence-electron chi connectivity index (χ4n) is 2.89. The highest BCUT2D eigenvalue weighted by molar-refractivity contribution is 5.74. The number of nitrogen functional groups attached to an aromatic ring is 1. The smallest absolute Gasteiger partial charge is 0.353 e. The van der Waals surface area contributed by atoms with Gasteiger partial charge < -0.3 is 20.7 Å². The van der Waals surface area contributed by atoms with Gasteiger partial charge in [0.15, 0.2) is 0 Å². The molecule has 9 heteroatoms. The molecule has 3 N–H and O–H groups in total. The van der Waals surface area contributed by atoms with Crippen molar-refractivity contribution in [3.8, 4) is 5.75 Å². The molecule has 1 saturated heterocycles. The highest BCUT2D eigenvalue weighted by atomic mass is 16.6. The molecule has 0 unspecified atom stereocenters. The second kappa shape index (κ2) is 7.42. The van der Waals surface area contributed by atoms with E-state index in [1.54, 1.807) is 31.4 Å². The van der Waals surface area contributed by atoms with Gasteiger partial charge in [-0.1, -0.05) is 6.92 Å². The minimum absolute atomic E-state index is 0.0845. The van der Waals surface area contributed by atoms with Crippen LogP contribution in [-0.2, 0) is 0 Å². The molecule has 2 aromatic rings. The molecule has 1 aliphatic heterocycles. The van der Waals surface area contributed by atoms with Crippen LogP contribution in [0.3, 0.4) is 0 Å². The fourth-order valence-corrected chi connectivity index (χ4v) is 2.89. The van der Waals surface area contributed by atoms with Gasteiger partial charge in [0.05, 0.1) is 12.0 Å². The van der Waals surface area contributed by atoms with E-state index in [4.69, 9.17) is 10.5 Å². The lowest BCUT2D eigenvalue weighted by Gasteiger charge is -2.30. The molecule has 0 spiro atoms. The molecule has 0 aliphatic carbocycles. The summed E-state index contributed by atoms with van der Waals surface area (Å²) in [5, 5.41) is 14.4. The molecule has 9 nitrogen and oxygen atoms in total. The number of nitrogens with two attached hydrogens (primary N) is 1. The predicted molar refractivity (Wildman–Crippen MR) is 100.0 cm³/mol. The van der Waals surface area contributed by atoms with Gasteiger partial charge >= 0.3 is 5.69 Å². The third-order valence-electron chi connectivity index (χ3n) is 4.50. The monoisotopic (exact) mass is 358 g/mol. The van der Waals surface area contributed by atoms with Crippen LogP contribution < -0.4 is 20.7 Å². The first kappa shape index (κ1) is 17.7. The standard InChI is InChI=1S/C17H22N6O3/c1-11-7-9-22(10-8-11)17-20-15(18)14(23(24)25)16(21-17)19-12-3-5-13(26-2)6-4-12/h3-6,11H,7-10H2,1-2H3,(H3,18,19,20,21). The number of ether oxygens (including phenoxy) is 1. The Morgan fingerprint density at radius 1 is 1.27 bits per heavy atom. The van der Waals surface area contributed by atoms with Crippen LogP contribution in [0, 0.1) is 16.0 Å². The highest BCUT2D eigenvalue weighted by Gasteiger charge is 2.26. The molecule has 0 radical (unpaired) electrons. The summed E-state index contributed by atoms with van der Waals surface area (Å²) in [5.41, 5.74) is 6.20. The van der Waals surface area contributed by atoms with Crippen molar-refractivity contribution in [2.24, 2.45) is 5.92 Å². The van der Waals surface area contributed by atoms with Crippen LogP contribution in [0.4, 0.5) is 29.0 Å². The van der Waals surface area contributed by atoms with Crippen molar-refractivity contribution in [1.29, 1.82) is 0 Å². The van der Waals surface area contributed by atoms with Crippen LogP contribution in [-0.4, -0.2) is 35.1 Å². The van der Waals surface area contributed by atoms with Crippen LogP contribution in [0.25, 0.3) is 0 Å². The molecule has 1 aromatic carbocycles. The van der Waals surface area contributed by atoms with E-state index in [9.17, 15) is 10.1 Å². The number of hydrogen-bond donors (Lipinski definition) is 2. The molecule has 138 valence electrons. The van der Waals surface area contributed by atoms with Crippen molar-refractivity contribution in [3.05, 3.63) is 34.4 Å². The zero-order valence-corrected chi connectivity index (χ0v) is 14.8. The second-order valence-corrected chi connectivity index (χ2v) is 6.39. The van der Waals surface area contributed by atoms with Crippen LogP contribution in [0.2, 0.25) is 0 Å². The first-order valence-corrected chi connectivity index (χ1v) is 8.46. The van der Waals surface area contributed by atoms with Crippen molar-refractivity contribution in [2.45, 2.75) is 19.8 Å². The Balaban J connectivity index is 1.93. The summed E-state index contributed by atoms with van der Waals surface area (Å²) < 4.78 is 5.12. The zero-order valence-electron chi connectivity index (χ0n) is 14.8. The average molecular weight is 358 g/mol. The quantitative estimate of drug-likeness (QED) is 0.618. The molecular weight excluding hydrogens is 336 g/mol. The van der Waals surface area contributed by atoms with Gasteiger partial charge in [0.25, 0.3) is 0 Å². The Hall–Kier alpha value is -3.10. The summed E-state index contributed by atoms with van der Waals surface area (Å²) in [6.45, 7) is 3.82. The van der Waals surface area contributed by atoms with Gasteiger partial charge in [-0.3, -0.25) is 10.1 Å². The molecule has 0 atom stereocenters. The number of nitrogens with zero attached hydrogens (tertiary/aromatic N) is 4. The number of rotatable bonds is 5. The molecule has 0 bridgehead atoms. The Morgan fingerprint density at radius 2 is 1.92 bits per heavy atom. The normalized spacial score (nSPS) is 14.9. The third kappa shape index (κ3) is 3.76. The average Bonchev–Trinajstić information content (AvgIpc) is 2.62. The molecule has 0 amide bonds. The molecular formula is C17H22N6O3. The lowest BCUT2D eigenvalue weighted by molar-refractivity contribution is -0.383. The van der Waals surface area contributed by atoms with Gasteiger partial charge in [-0.25, -0.2) is 0 Å². The molecule has 2 heterocycles. The van der Waals surface area contributed by atoms with Crippen LogP contribution in [0.5, 0.6) is 5.75 Å². The molecule has 1 aromatic heterocycles. The fraction of sp³-hybridized carbons (Fsp3) is 0.412. The van der Waals surface area contributed by atoms with Gasteiger partial charge in [-0.15, -0.1) is 0 Å². The number of piperidine rings is 1. The third-order valence-corrected chi connectivity index (χ3v) is 4.50. The molecule has 0 saturated carbocycles. The van der Waals surface area contributed by atoms with Crippen molar-refractivity contribution in [1.82, 2.24) is 9.97 Å². The van der Waals surface area contributed by atoms with E-state index in [0.717, 1.165) is 25.9 Å². The highest BCUT2D eigenvalue weighted by Crippen LogP contribution is 2.33. The van der Waals surface area contributed by atoms with E-state index in [1.807, 2.05) is 4.90 Å². The van der Waals surface area contributed by atoms with Gasteiger partial charge in [0.1, 0.15) is 5.75 Å². The number of hydrogen-bond acceptors (Lipinski definition) is 8. The van der Waals surface area contributed by atoms with Crippen molar-refractivity contribution in [3.63, 3.8) is 0 Å². The number of aromatic nitrogens is 2. The van der Waals surface area contributed by atoms with E-state index in [0.29, 0.717) is 23.3 Å². The lowest BCUT2D eigenvalue weighted by atomic mass is 10.00. The van der Waals surface area contributed by atoms with E-state index in [2.05, 4.69) is 22.2 Å². The van der Waals surface area contributed by atoms with Crippen molar-refractivity contribution in [2.75, 3.05) is 36.1 Å². The van der Waals surface area contributed by atoms with Crippen LogP contribution >= 0.6 is 0 Å². The van der Waals surface area contributed by atoms with Crippen LogP contribution in [0.15, 0.2) is 24.3 Å². The van der Waals surface area contributed by atoms with Gasteiger partial charge in [0.2, 0.25) is 17.6 Å². The number of methoxy groups -OCH3 is 1. The summed E-state index contributed by atoms with van der Waals surface area (Å²) in [4.78, 5) is 21.4. The maximum Gasteiger partial charge on any atom is 0.353 e. The minimum atomic E-state index is -0.566. The summed E-state index contributed by atoms with van der Waals surface area (Å²) in [6, 6.07) is 7.02. The van der Waals surface area contributed by atoms with Gasteiger partial charge in [0, 0.05) is 18.8 Å². The van der Waals surface area contributed by atoms with Crippen LogP contribution in [0.1, 0.15) is 19.8 Å². The van der Waals surface area contributed by atoms with Crippen molar-refractivity contribution < 1.29 is 9.66 Å². The first-order valence-electron chi connectivity index (χ1n) is 8.46. The van der Waals surface area contributed by atoms with E-state index in [-0.39, 0.29) is 17.3 Å². The largest absolute Gasteiger partial charge is 0.497 e. The molecule has 1 aliphatic rings. The molecule has 3 rings (SSSR count).